The number of carbonyl (C=O) groups is 1. The molecule has 0 spiro atoms. The van der Waals surface area contributed by atoms with Crippen LogP contribution in [0.15, 0.2) is 12.4 Å². The van der Waals surface area contributed by atoms with Crippen LogP contribution >= 0.6 is 0 Å². The number of nitrogens with zero attached hydrogens (tertiary/aromatic N) is 5. The molecule has 1 amide bonds. The summed E-state index contributed by atoms with van der Waals surface area (Å²) in [6.45, 7) is 2.82. The number of aryl methyl sites for hydroxylation is 1. The summed E-state index contributed by atoms with van der Waals surface area (Å²) in [4.78, 5) is 17.4. The average molecular weight is 374 g/mol. The molecule has 2 aromatic heterocycles. The Hall–Kier alpha value is -2.23. The van der Waals surface area contributed by atoms with Crippen molar-refractivity contribution in [1.82, 2.24) is 29.8 Å². The topological polar surface area (TPSA) is 88.5 Å². The molecule has 27 heavy (non-hydrogen) atoms. The number of aromatic amines is 1. The number of likely N-dealkylation sites (N-methyl/N-ethyl adjacent to an activating group) is 1. The number of carbonyl (C=O) groups excluding carboxylic acids is 1. The molecule has 0 unspecified atom stereocenters. The van der Waals surface area contributed by atoms with E-state index in [9.17, 15) is 4.79 Å². The first-order valence-electron chi connectivity index (χ1n) is 9.24. The lowest BCUT2D eigenvalue weighted by atomic mass is 9.99. The van der Waals surface area contributed by atoms with Crippen LogP contribution in [-0.4, -0.2) is 82.2 Å². The van der Waals surface area contributed by atoms with Crippen molar-refractivity contribution >= 4 is 5.91 Å². The summed E-state index contributed by atoms with van der Waals surface area (Å²) < 4.78 is 13.3. The fraction of sp³-hybridized carbons (Fsp3) is 0.611. The van der Waals surface area contributed by atoms with E-state index in [1.807, 2.05) is 38.4 Å². The normalized spacial score (nSPS) is 22.9. The maximum Gasteiger partial charge on any atom is 0.275 e. The van der Waals surface area contributed by atoms with Gasteiger partial charge >= 0.3 is 0 Å². The third-order valence-electron chi connectivity index (χ3n) is 5.12. The average Bonchev–Trinajstić information content (AvgIpc) is 3.26. The van der Waals surface area contributed by atoms with Crippen LogP contribution in [-0.2, 0) is 29.5 Å². The Balaban J connectivity index is 1.68. The number of hydrogen-bond acceptors (Lipinski definition) is 6. The van der Waals surface area contributed by atoms with E-state index in [2.05, 4.69) is 20.2 Å². The van der Waals surface area contributed by atoms with Gasteiger partial charge in [-0.1, -0.05) is 0 Å². The van der Waals surface area contributed by atoms with E-state index in [0.717, 1.165) is 23.2 Å². The summed E-state index contributed by atoms with van der Waals surface area (Å²) in [6.07, 6.45) is 4.39. The summed E-state index contributed by atoms with van der Waals surface area (Å²) in [5.74, 6) is -0.0843. The summed E-state index contributed by atoms with van der Waals surface area (Å²) >= 11 is 0. The molecule has 4 rings (SSSR count). The molecule has 2 aliphatic rings. The second-order valence-corrected chi connectivity index (χ2v) is 7.39. The van der Waals surface area contributed by atoms with Crippen LogP contribution in [0.25, 0.3) is 0 Å². The number of ether oxygens (including phenoxy) is 2. The molecule has 146 valence electrons. The Morgan fingerprint density at radius 3 is 3.00 bits per heavy atom. The van der Waals surface area contributed by atoms with Crippen molar-refractivity contribution in [2.45, 2.75) is 25.2 Å². The smallest absolute Gasteiger partial charge is 0.275 e. The standard InChI is InChI=1S/C18H26N6O3/c1-22(2)10-15-17(12-8-19-23(3)9-12)24(5-7-27-15)18(25)16-13-11-26-6-4-14(13)20-21-16/h8-9,15,17H,4-7,10-11H2,1-3H3,(H,20,21)/t15-,17-/m0/s1. The van der Waals surface area contributed by atoms with Crippen molar-refractivity contribution in [3.05, 3.63) is 34.9 Å². The summed E-state index contributed by atoms with van der Waals surface area (Å²) in [7, 11) is 5.89. The third-order valence-corrected chi connectivity index (χ3v) is 5.12. The molecule has 0 aliphatic carbocycles. The Morgan fingerprint density at radius 1 is 1.41 bits per heavy atom. The molecule has 1 fully saturated rings. The van der Waals surface area contributed by atoms with E-state index in [1.54, 1.807) is 4.68 Å². The lowest BCUT2D eigenvalue weighted by molar-refractivity contribution is -0.0687. The zero-order valence-electron chi connectivity index (χ0n) is 16.0. The molecule has 2 atom stereocenters. The van der Waals surface area contributed by atoms with Crippen LogP contribution in [0, 0.1) is 0 Å². The Morgan fingerprint density at radius 2 is 2.26 bits per heavy atom. The van der Waals surface area contributed by atoms with Gasteiger partial charge in [-0.3, -0.25) is 14.6 Å². The van der Waals surface area contributed by atoms with Crippen molar-refractivity contribution in [1.29, 1.82) is 0 Å². The predicted octanol–water partition coefficient (Wildman–Crippen LogP) is 0.360. The fourth-order valence-corrected chi connectivity index (χ4v) is 3.89. The highest BCUT2D eigenvalue weighted by Gasteiger charge is 2.39. The lowest BCUT2D eigenvalue weighted by Crippen LogP contribution is -2.51. The van der Waals surface area contributed by atoms with Gasteiger partial charge in [-0.25, -0.2) is 0 Å². The maximum absolute atomic E-state index is 13.4. The molecule has 1 saturated heterocycles. The molecule has 0 saturated carbocycles. The molecule has 2 aromatic rings. The van der Waals surface area contributed by atoms with Crippen molar-refractivity contribution in [3.63, 3.8) is 0 Å². The van der Waals surface area contributed by atoms with Gasteiger partial charge in [-0.15, -0.1) is 0 Å². The molecular formula is C18H26N6O3. The number of fused-ring (bicyclic) bond motifs is 1. The van der Waals surface area contributed by atoms with Gasteiger partial charge in [0, 0.05) is 49.6 Å². The van der Waals surface area contributed by atoms with Gasteiger partial charge in [0.15, 0.2) is 5.69 Å². The number of hydrogen-bond donors (Lipinski definition) is 1. The van der Waals surface area contributed by atoms with Gasteiger partial charge in [-0.05, 0) is 14.1 Å². The minimum Gasteiger partial charge on any atom is -0.376 e. The molecule has 0 radical (unpaired) electrons. The van der Waals surface area contributed by atoms with Crippen LogP contribution in [0.4, 0.5) is 0 Å². The largest absolute Gasteiger partial charge is 0.376 e. The first-order chi connectivity index (χ1) is 13.0. The highest BCUT2D eigenvalue weighted by atomic mass is 16.5. The molecule has 9 heteroatoms. The monoisotopic (exact) mass is 374 g/mol. The Labute approximate surface area is 158 Å². The van der Waals surface area contributed by atoms with Crippen LogP contribution in [0.3, 0.4) is 0 Å². The van der Waals surface area contributed by atoms with Crippen molar-refractivity contribution in [2.24, 2.45) is 7.05 Å². The third kappa shape index (κ3) is 3.50. The van der Waals surface area contributed by atoms with Gasteiger partial charge in [0.25, 0.3) is 5.91 Å². The second-order valence-electron chi connectivity index (χ2n) is 7.39. The van der Waals surface area contributed by atoms with Gasteiger partial charge in [0.1, 0.15) is 0 Å². The van der Waals surface area contributed by atoms with Gasteiger partial charge < -0.3 is 19.3 Å². The van der Waals surface area contributed by atoms with Crippen molar-refractivity contribution in [3.8, 4) is 0 Å². The minimum atomic E-state index is -0.209. The quantitative estimate of drug-likeness (QED) is 0.831. The Bertz CT molecular complexity index is 814. The minimum absolute atomic E-state index is 0.0843. The number of H-pyrrole nitrogens is 1. The summed E-state index contributed by atoms with van der Waals surface area (Å²) in [5.41, 5.74) is 3.31. The van der Waals surface area contributed by atoms with E-state index in [1.165, 1.54) is 0 Å². The highest BCUT2D eigenvalue weighted by Crippen LogP contribution is 2.32. The molecule has 1 N–H and O–H groups in total. The van der Waals surface area contributed by atoms with Gasteiger partial charge in [0.2, 0.25) is 0 Å². The number of nitrogens with one attached hydrogen (secondary N) is 1. The fourth-order valence-electron chi connectivity index (χ4n) is 3.89. The molecule has 2 aliphatic heterocycles. The summed E-state index contributed by atoms with van der Waals surface area (Å²) in [6, 6.07) is -0.209. The number of amides is 1. The van der Waals surface area contributed by atoms with E-state index in [4.69, 9.17) is 9.47 Å². The van der Waals surface area contributed by atoms with Gasteiger partial charge in [-0.2, -0.15) is 10.2 Å². The first-order valence-corrected chi connectivity index (χ1v) is 9.24. The SMILES string of the molecule is CN(C)C[C@@H]1OCCN(C(=O)c2n[nH]c3c2COCC3)[C@H]1c1cnn(C)c1. The summed E-state index contributed by atoms with van der Waals surface area (Å²) in [5, 5.41) is 11.6. The molecule has 9 nitrogen and oxygen atoms in total. The van der Waals surface area contributed by atoms with E-state index >= 15 is 0 Å². The lowest BCUT2D eigenvalue weighted by Gasteiger charge is -2.41. The zero-order chi connectivity index (χ0) is 19.0. The maximum atomic E-state index is 13.4. The molecule has 0 bridgehead atoms. The van der Waals surface area contributed by atoms with E-state index in [-0.39, 0.29) is 18.1 Å². The van der Waals surface area contributed by atoms with Crippen molar-refractivity contribution in [2.75, 3.05) is 40.4 Å². The van der Waals surface area contributed by atoms with Crippen LogP contribution in [0.2, 0.25) is 0 Å². The highest BCUT2D eigenvalue weighted by molar-refractivity contribution is 5.94. The van der Waals surface area contributed by atoms with E-state index in [0.29, 0.717) is 38.6 Å². The Kier molecular flexibility index (Phi) is 4.98. The number of rotatable bonds is 4. The molecule has 4 heterocycles. The van der Waals surface area contributed by atoms with Gasteiger partial charge in [0.05, 0.1) is 38.2 Å². The second kappa shape index (κ2) is 7.41. The molecular weight excluding hydrogens is 348 g/mol. The predicted molar refractivity (Wildman–Crippen MR) is 97.2 cm³/mol. The van der Waals surface area contributed by atoms with E-state index < -0.39 is 0 Å². The van der Waals surface area contributed by atoms with Crippen molar-refractivity contribution < 1.29 is 14.3 Å². The molecule has 0 aromatic carbocycles. The first kappa shape index (κ1) is 18.1. The van der Waals surface area contributed by atoms with Crippen LogP contribution in [0.5, 0.6) is 0 Å². The zero-order valence-corrected chi connectivity index (χ0v) is 16.0. The van der Waals surface area contributed by atoms with Crippen LogP contribution < -0.4 is 0 Å². The number of aromatic nitrogens is 4. The van der Waals surface area contributed by atoms with Crippen LogP contribution in [0.1, 0.15) is 33.4 Å². The number of morpholine rings is 1.